The van der Waals surface area contributed by atoms with Crippen LogP contribution in [0.1, 0.15) is 29.9 Å². The van der Waals surface area contributed by atoms with Crippen molar-refractivity contribution in [3.05, 3.63) is 52.1 Å². The van der Waals surface area contributed by atoms with E-state index in [2.05, 4.69) is 23.4 Å². The van der Waals surface area contributed by atoms with E-state index >= 15 is 0 Å². The molecule has 0 aliphatic rings. The van der Waals surface area contributed by atoms with E-state index in [1.54, 1.807) is 18.2 Å². The average Bonchev–Trinajstić information content (AvgIpc) is 2.82. The summed E-state index contributed by atoms with van der Waals surface area (Å²) in [5.74, 6) is -0.340. The molecule has 2 rings (SSSR count). The van der Waals surface area contributed by atoms with Gasteiger partial charge in [-0.2, -0.15) is 5.10 Å². The molecule has 108 valence electrons. The lowest BCUT2D eigenvalue weighted by atomic mass is 10.0. The third-order valence-electron chi connectivity index (χ3n) is 3.49. The van der Waals surface area contributed by atoms with E-state index in [-0.39, 0.29) is 16.9 Å². The molecule has 1 unspecified atom stereocenters. The van der Waals surface area contributed by atoms with Crippen LogP contribution in [-0.4, -0.2) is 16.8 Å². The first kappa shape index (κ1) is 15.0. The summed E-state index contributed by atoms with van der Waals surface area (Å²) in [6.45, 7) is 2.07. The van der Waals surface area contributed by atoms with Crippen LogP contribution in [0.5, 0.6) is 0 Å². The highest BCUT2D eigenvalue weighted by Crippen LogP contribution is 2.24. The first-order valence-corrected chi connectivity index (χ1v) is 7.07. The van der Waals surface area contributed by atoms with Gasteiger partial charge in [0.25, 0.3) is 0 Å². The van der Waals surface area contributed by atoms with Crippen LogP contribution in [0.3, 0.4) is 0 Å². The highest BCUT2D eigenvalue weighted by atomic mass is 35.5. The zero-order valence-electron chi connectivity index (χ0n) is 12.0. The van der Waals surface area contributed by atoms with E-state index in [0.717, 1.165) is 17.8 Å². The quantitative estimate of drug-likeness (QED) is 0.917. The lowest BCUT2D eigenvalue weighted by Crippen LogP contribution is -2.22. The largest absolute Gasteiger partial charge is 0.311 e. The minimum absolute atomic E-state index is 0.000710. The van der Waals surface area contributed by atoms with Crippen molar-refractivity contribution in [2.45, 2.75) is 25.8 Å². The van der Waals surface area contributed by atoms with Crippen LogP contribution < -0.4 is 5.32 Å². The Balaban J connectivity index is 2.28. The molecular weight excluding hydrogens is 277 g/mol. The number of hydrogen-bond acceptors (Lipinski definition) is 2. The van der Waals surface area contributed by atoms with Crippen molar-refractivity contribution in [1.82, 2.24) is 15.1 Å². The summed E-state index contributed by atoms with van der Waals surface area (Å²) in [7, 11) is 3.78. The maximum absolute atomic E-state index is 14.0. The predicted molar refractivity (Wildman–Crippen MR) is 79.5 cm³/mol. The normalized spacial score (nSPS) is 12.7. The SMILES string of the molecule is CCc1cc(C(Cc2cccc(Cl)c2F)NC)n(C)n1. The zero-order valence-corrected chi connectivity index (χ0v) is 12.7. The van der Waals surface area contributed by atoms with Gasteiger partial charge in [0.2, 0.25) is 0 Å². The second-order valence-electron chi connectivity index (χ2n) is 4.80. The highest BCUT2D eigenvalue weighted by Gasteiger charge is 2.18. The number of likely N-dealkylation sites (N-methyl/N-ethyl adjacent to an activating group) is 1. The van der Waals surface area contributed by atoms with Crippen LogP contribution in [0, 0.1) is 5.82 Å². The van der Waals surface area contributed by atoms with E-state index in [1.165, 1.54) is 0 Å². The molecule has 3 nitrogen and oxygen atoms in total. The van der Waals surface area contributed by atoms with Crippen molar-refractivity contribution in [2.24, 2.45) is 7.05 Å². The fraction of sp³-hybridized carbons (Fsp3) is 0.400. The van der Waals surface area contributed by atoms with Crippen molar-refractivity contribution >= 4 is 11.6 Å². The molecule has 1 N–H and O–H groups in total. The topological polar surface area (TPSA) is 29.9 Å². The number of benzene rings is 1. The highest BCUT2D eigenvalue weighted by molar-refractivity contribution is 6.30. The number of aromatic nitrogens is 2. The van der Waals surface area contributed by atoms with E-state index in [0.29, 0.717) is 12.0 Å². The second kappa shape index (κ2) is 6.37. The van der Waals surface area contributed by atoms with Gasteiger partial charge in [0.15, 0.2) is 0 Å². The monoisotopic (exact) mass is 295 g/mol. The fourth-order valence-corrected chi connectivity index (χ4v) is 2.52. The lowest BCUT2D eigenvalue weighted by Gasteiger charge is -2.17. The standard InChI is InChI=1S/C15H19ClFN3/c1-4-11-9-14(20(3)19-11)13(18-2)8-10-6-5-7-12(16)15(10)17/h5-7,9,13,18H,4,8H2,1-3H3. The van der Waals surface area contributed by atoms with Crippen LogP contribution in [-0.2, 0) is 19.9 Å². The molecule has 20 heavy (non-hydrogen) atoms. The van der Waals surface area contributed by atoms with Gasteiger partial charge >= 0.3 is 0 Å². The van der Waals surface area contributed by atoms with Crippen LogP contribution in [0.25, 0.3) is 0 Å². The van der Waals surface area contributed by atoms with E-state index in [9.17, 15) is 4.39 Å². The van der Waals surface area contributed by atoms with E-state index < -0.39 is 0 Å². The summed E-state index contributed by atoms with van der Waals surface area (Å²) < 4.78 is 15.9. The Bertz CT molecular complexity index is 595. The predicted octanol–water partition coefficient (Wildman–Crippen LogP) is 3.28. The Labute approximate surface area is 123 Å². The van der Waals surface area contributed by atoms with Crippen molar-refractivity contribution < 1.29 is 4.39 Å². The van der Waals surface area contributed by atoms with Gasteiger partial charge in [-0.15, -0.1) is 0 Å². The summed E-state index contributed by atoms with van der Waals surface area (Å²) in [4.78, 5) is 0. The molecule has 1 atom stereocenters. The van der Waals surface area contributed by atoms with Gasteiger partial charge < -0.3 is 5.32 Å². The molecule has 0 aliphatic carbocycles. The van der Waals surface area contributed by atoms with Gasteiger partial charge in [-0.1, -0.05) is 30.7 Å². The van der Waals surface area contributed by atoms with Crippen LogP contribution in [0.4, 0.5) is 4.39 Å². The van der Waals surface area contributed by atoms with Crippen LogP contribution in [0.2, 0.25) is 5.02 Å². The van der Waals surface area contributed by atoms with Gasteiger partial charge in [0.05, 0.1) is 22.5 Å². The molecule has 0 bridgehead atoms. The van der Waals surface area contributed by atoms with Gasteiger partial charge in [0.1, 0.15) is 5.82 Å². The molecule has 0 fully saturated rings. The van der Waals surface area contributed by atoms with Crippen molar-refractivity contribution in [3.8, 4) is 0 Å². The Morgan fingerprint density at radius 3 is 2.80 bits per heavy atom. The summed E-state index contributed by atoms with van der Waals surface area (Å²) >= 11 is 5.83. The Kier molecular flexibility index (Phi) is 4.78. The first-order valence-electron chi connectivity index (χ1n) is 6.69. The van der Waals surface area contributed by atoms with Crippen molar-refractivity contribution in [3.63, 3.8) is 0 Å². The number of nitrogens with zero attached hydrogens (tertiary/aromatic N) is 2. The molecule has 0 saturated carbocycles. The third kappa shape index (κ3) is 3.02. The van der Waals surface area contributed by atoms with Gasteiger partial charge in [-0.05, 0) is 37.6 Å². The van der Waals surface area contributed by atoms with Gasteiger partial charge in [-0.3, -0.25) is 4.68 Å². The minimum atomic E-state index is -0.340. The molecule has 0 saturated heterocycles. The second-order valence-corrected chi connectivity index (χ2v) is 5.20. The number of nitrogens with one attached hydrogen (secondary N) is 1. The number of halogens is 2. The minimum Gasteiger partial charge on any atom is -0.311 e. The van der Waals surface area contributed by atoms with Gasteiger partial charge in [-0.25, -0.2) is 4.39 Å². The summed E-state index contributed by atoms with van der Waals surface area (Å²) in [6.07, 6.45) is 1.42. The molecule has 5 heteroatoms. The molecule has 0 aliphatic heterocycles. The van der Waals surface area contributed by atoms with E-state index in [4.69, 9.17) is 11.6 Å². The maximum atomic E-state index is 14.0. The zero-order chi connectivity index (χ0) is 14.7. The molecule has 0 spiro atoms. The molecule has 2 aromatic rings. The van der Waals surface area contributed by atoms with E-state index in [1.807, 2.05) is 18.8 Å². The lowest BCUT2D eigenvalue weighted by molar-refractivity contribution is 0.519. The number of hydrogen-bond donors (Lipinski definition) is 1. The Morgan fingerprint density at radius 1 is 1.45 bits per heavy atom. The molecule has 1 heterocycles. The smallest absolute Gasteiger partial charge is 0.145 e. The Morgan fingerprint density at radius 2 is 2.20 bits per heavy atom. The summed E-state index contributed by atoms with van der Waals surface area (Å²) in [5.41, 5.74) is 2.69. The number of aryl methyl sites for hydroxylation is 2. The molecule has 0 radical (unpaired) electrons. The van der Waals surface area contributed by atoms with Crippen molar-refractivity contribution in [1.29, 1.82) is 0 Å². The Hall–Kier alpha value is -1.39. The first-order chi connectivity index (χ1) is 9.56. The number of rotatable bonds is 5. The molecule has 1 aromatic carbocycles. The summed E-state index contributed by atoms with van der Waals surface area (Å²) in [6, 6.07) is 7.16. The van der Waals surface area contributed by atoms with Crippen LogP contribution in [0.15, 0.2) is 24.3 Å². The van der Waals surface area contributed by atoms with Gasteiger partial charge in [0, 0.05) is 7.05 Å². The molecular formula is C15H19ClFN3. The van der Waals surface area contributed by atoms with Crippen LogP contribution >= 0.6 is 11.6 Å². The maximum Gasteiger partial charge on any atom is 0.145 e. The third-order valence-corrected chi connectivity index (χ3v) is 3.78. The van der Waals surface area contributed by atoms with Crippen molar-refractivity contribution in [2.75, 3.05) is 7.05 Å². The molecule has 0 amide bonds. The summed E-state index contributed by atoms with van der Waals surface area (Å²) in [5, 5.41) is 7.82. The molecule has 1 aromatic heterocycles. The fourth-order valence-electron chi connectivity index (χ4n) is 2.32. The average molecular weight is 296 g/mol.